The average molecular weight is 379 g/mol. The topological polar surface area (TPSA) is 67.5 Å². The highest BCUT2D eigenvalue weighted by atomic mass is 16.5. The summed E-state index contributed by atoms with van der Waals surface area (Å²) in [5.74, 6) is 1.25. The largest absolute Gasteiger partial charge is 0.493 e. The van der Waals surface area contributed by atoms with Gasteiger partial charge in [0.25, 0.3) is 5.56 Å². The minimum atomic E-state index is -0.0600. The van der Waals surface area contributed by atoms with Crippen LogP contribution in [0.3, 0.4) is 0 Å². The molecule has 3 aromatic rings. The molecule has 0 aliphatic carbocycles. The molecule has 1 N–H and O–H groups in total. The van der Waals surface area contributed by atoms with Gasteiger partial charge in [0.2, 0.25) is 0 Å². The summed E-state index contributed by atoms with van der Waals surface area (Å²) in [6.07, 6.45) is 7.16. The van der Waals surface area contributed by atoms with Crippen molar-refractivity contribution in [2.24, 2.45) is 0 Å². The van der Waals surface area contributed by atoms with E-state index in [1.54, 1.807) is 26.5 Å². The number of benzene rings is 1. The van der Waals surface area contributed by atoms with Crippen molar-refractivity contribution in [2.45, 2.75) is 31.8 Å². The molecule has 1 aliphatic rings. The van der Waals surface area contributed by atoms with Crippen molar-refractivity contribution < 1.29 is 9.47 Å². The first kappa shape index (κ1) is 18.5. The van der Waals surface area contributed by atoms with Crippen molar-refractivity contribution in [1.29, 1.82) is 0 Å². The van der Waals surface area contributed by atoms with Crippen LogP contribution in [-0.2, 0) is 6.54 Å². The van der Waals surface area contributed by atoms with Gasteiger partial charge in [-0.2, -0.15) is 0 Å². The van der Waals surface area contributed by atoms with E-state index in [1.165, 1.54) is 12.0 Å². The molecule has 0 radical (unpaired) electrons. The molecule has 0 amide bonds. The predicted octanol–water partition coefficient (Wildman–Crippen LogP) is 3.67. The second kappa shape index (κ2) is 8.02. The van der Waals surface area contributed by atoms with Crippen LogP contribution in [0, 0.1) is 0 Å². The van der Waals surface area contributed by atoms with E-state index in [1.807, 2.05) is 24.4 Å². The van der Waals surface area contributed by atoms with Gasteiger partial charge in [-0.3, -0.25) is 14.7 Å². The molecule has 2 aromatic heterocycles. The first-order valence-electron chi connectivity index (χ1n) is 9.61. The third-order valence-corrected chi connectivity index (χ3v) is 5.48. The highest BCUT2D eigenvalue weighted by molar-refractivity contribution is 5.83. The Hall–Kier alpha value is -2.86. The van der Waals surface area contributed by atoms with E-state index in [0.29, 0.717) is 24.1 Å². The van der Waals surface area contributed by atoms with E-state index < -0.39 is 0 Å². The number of pyridine rings is 2. The Morgan fingerprint density at radius 3 is 2.75 bits per heavy atom. The lowest BCUT2D eigenvalue weighted by Gasteiger charge is -2.35. The predicted molar refractivity (Wildman–Crippen MR) is 109 cm³/mol. The van der Waals surface area contributed by atoms with Gasteiger partial charge < -0.3 is 14.5 Å². The van der Waals surface area contributed by atoms with Crippen molar-refractivity contribution in [3.05, 3.63) is 64.2 Å². The molecule has 6 heteroatoms. The van der Waals surface area contributed by atoms with E-state index >= 15 is 0 Å². The summed E-state index contributed by atoms with van der Waals surface area (Å²) >= 11 is 0. The first-order chi connectivity index (χ1) is 13.7. The van der Waals surface area contributed by atoms with Gasteiger partial charge in [0, 0.05) is 42.0 Å². The molecule has 28 heavy (non-hydrogen) atoms. The van der Waals surface area contributed by atoms with E-state index in [2.05, 4.69) is 20.9 Å². The maximum absolute atomic E-state index is 12.7. The highest BCUT2D eigenvalue weighted by Crippen LogP contribution is 2.33. The summed E-state index contributed by atoms with van der Waals surface area (Å²) in [6, 6.07) is 10.1. The van der Waals surface area contributed by atoms with E-state index in [0.717, 1.165) is 35.9 Å². The number of nitrogens with zero attached hydrogens (tertiary/aromatic N) is 2. The zero-order valence-corrected chi connectivity index (χ0v) is 16.3. The Kier molecular flexibility index (Phi) is 5.30. The third kappa shape index (κ3) is 3.60. The number of ether oxygens (including phenoxy) is 2. The van der Waals surface area contributed by atoms with Crippen molar-refractivity contribution in [3.8, 4) is 11.5 Å². The SMILES string of the molecule is COc1cc2cc(CN3CCCC[C@@H]3c3cccnc3)c(=O)[nH]c2cc1OC. The second-order valence-electron chi connectivity index (χ2n) is 7.19. The molecule has 3 heterocycles. The van der Waals surface area contributed by atoms with Crippen LogP contribution in [0.25, 0.3) is 10.9 Å². The standard InChI is InChI=1S/C22H25N3O3/c1-27-20-11-16-10-17(22(26)24-18(16)12-21(20)28-2)14-25-9-4-3-7-19(25)15-6-5-8-23-13-15/h5-6,8,10-13,19H,3-4,7,9,14H2,1-2H3,(H,24,26)/t19-/m1/s1. The zero-order chi connectivity index (χ0) is 19.5. The van der Waals surface area contributed by atoms with Gasteiger partial charge in [0.05, 0.1) is 19.7 Å². The Labute approximate surface area is 164 Å². The number of piperidine rings is 1. The Balaban J connectivity index is 1.68. The van der Waals surface area contributed by atoms with Crippen LogP contribution in [-0.4, -0.2) is 35.6 Å². The number of fused-ring (bicyclic) bond motifs is 1. The molecule has 1 saturated heterocycles. The fourth-order valence-electron chi connectivity index (χ4n) is 4.05. The lowest BCUT2D eigenvalue weighted by Crippen LogP contribution is -2.34. The van der Waals surface area contributed by atoms with Gasteiger partial charge in [-0.1, -0.05) is 12.5 Å². The lowest BCUT2D eigenvalue weighted by molar-refractivity contribution is 0.139. The molecular formula is C22H25N3O3. The van der Waals surface area contributed by atoms with Crippen molar-refractivity contribution in [1.82, 2.24) is 14.9 Å². The molecule has 1 aliphatic heterocycles. The number of H-pyrrole nitrogens is 1. The molecule has 4 rings (SSSR count). The van der Waals surface area contributed by atoms with Crippen LogP contribution in [0.15, 0.2) is 47.5 Å². The molecule has 0 spiro atoms. The van der Waals surface area contributed by atoms with Crippen molar-refractivity contribution >= 4 is 10.9 Å². The summed E-state index contributed by atoms with van der Waals surface area (Å²) in [5.41, 5.74) is 2.66. The van der Waals surface area contributed by atoms with Crippen molar-refractivity contribution in [3.63, 3.8) is 0 Å². The van der Waals surface area contributed by atoms with E-state index in [9.17, 15) is 4.79 Å². The monoisotopic (exact) mass is 379 g/mol. The fourth-order valence-corrected chi connectivity index (χ4v) is 4.05. The van der Waals surface area contributed by atoms with Gasteiger partial charge in [0.1, 0.15) is 0 Å². The van der Waals surface area contributed by atoms with Crippen LogP contribution >= 0.6 is 0 Å². The maximum Gasteiger partial charge on any atom is 0.252 e. The number of nitrogens with one attached hydrogen (secondary N) is 1. The Morgan fingerprint density at radius 2 is 2.00 bits per heavy atom. The first-order valence-corrected chi connectivity index (χ1v) is 9.61. The fraction of sp³-hybridized carbons (Fsp3) is 0.364. The summed E-state index contributed by atoms with van der Waals surface area (Å²) in [7, 11) is 3.20. The lowest BCUT2D eigenvalue weighted by atomic mass is 9.96. The van der Waals surface area contributed by atoms with Crippen LogP contribution in [0.5, 0.6) is 11.5 Å². The summed E-state index contributed by atoms with van der Waals surface area (Å²) in [5, 5.41) is 0.933. The molecule has 1 fully saturated rings. The van der Waals surface area contributed by atoms with E-state index in [4.69, 9.17) is 9.47 Å². The van der Waals surface area contributed by atoms with Gasteiger partial charge in [-0.05, 0) is 43.1 Å². The average Bonchev–Trinajstić information content (AvgIpc) is 2.74. The van der Waals surface area contributed by atoms with Crippen LogP contribution in [0.1, 0.15) is 36.4 Å². The van der Waals surface area contributed by atoms with Gasteiger partial charge >= 0.3 is 0 Å². The van der Waals surface area contributed by atoms with Crippen LogP contribution < -0.4 is 15.0 Å². The van der Waals surface area contributed by atoms with Gasteiger partial charge in [-0.15, -0.1) is 0 Å². The summed E-state index contributed by atoms with van der Waals surface area (Å²) < 4.78 is 10.7. The Bertz CT molecular complexity index is 1020. The number of likely N-dealkylation sites (tertiary alicyclic amines) is 1. The van der Waals surface area contributed by atoms with Crippen LogP contribution in [0.4, 0.5) is 0 Å². The zero-order valence-electron chi connectivity index (χ0n) is 16.3. The number of aromatic amines is 1. The van der Waals surface area contributed by atoms with Crippen LogP contribution in [0.2, 0.25) is 0 Å². The van der Waals surface area contributed by atoms with Crippen molar-refractivity contribution in [2.75, 3.05) is 20.8 Å². The smallest absolute Gasteiger partial charge is 0.252 e. The highest BCUT2D eigenvalue weighted by Gasteiger charge is 2.25. The van der Waals surface area contributed by atoms with E-state index in [-0.39, 0.29) is 5.56 Å². The van der Waals surface area contributed by atoms with Gasteiger partial charge in [0.15, 0.2) is 11.5 Å². The molecule has 0 bridgehead atoms. The summed E-state index contributed by atoms with van der Waals surface area (Å²) in [4.78, 5) is 22.4. The second-order valence-corrected chi connectivity index (χ2v) is 7.19. The number of methoxy groups -OCH3 is 2. The van der Waals surface area contributed by atoms with Gasteiger partial charge in [-0.25, -0.2) is 0 Å². The quantitative estimate of drug-likeness (QED) is 0.733. The molecular weight excluding hydrogens is 354 g/mol. The molecule has 1 aromatic carbocycles. The molecule has 146 valence electrons. The molecule has 0 unspecified atom stereocenters. The number of aromatic nitrogens is 2. The minimum absolute atomic E-state index is 0.0600. The number of rotatable bonds is 5. The Morgan fingerprint density at radius 1 is 1.18 bits per heavy atom. The third-order valence-electron chi connectivity index (χ3n) is 5.48. The summed E-state index contributed by atoms with van der Waals surface area (Å²) in [6.45, 7) is 1.59. The minimum Gasteiger partial charge on any atom is -0.493 e. The maximum atomic E-state index is 12.7. The molecule has 0 saturated carbocycles. The number of hydrogen-bond donors (Lipinski definition) is 1. The normalized spacial score (nSPS) is 17.6. The number of hydrogen-bond acceptors (Lipinski definition) is 5. The molecule has 6 nitrogen and oxygen atoms in total. The molecule has 1 atom stereocenters.